The molecule has 0 amide bonds. The van der Waals surface area contributed by atoms with Crippen LogP contribution in [0.3, 0.4) is 0 Å². The van der Waals surface area contributed by atoms with Crippen molar-refractivity contribution in [2.45, 2.75) is 6.42 Å². The Morgan fingerprint density at radius 1 is 1.50 bits per heavy atom. The maximum Gasteiger partial charge on any atom is 0.291 e. The van der Waals surface area contributed by atoms with Gasteiger partial charge in [-0.15, -0.1) is 10.1 Å². The molecule has 0 aliphatic carbocycles. The molecular formula is C14H20N6O4. The van der Waals surface area contributed by atoms with Gasteiger partial charge in [0.25, 0.3) is 5.09 Å². The number of aromatic nitrogens is 1. The normalized spacial score (nSPS) is 9.54. The number of benzene rings is 1. The van der Waals surface area contributed by atoms with Gasteiger partial charge in [-0.3, -0.25) is 9.98 Å². The molecule has 0 radical (unpaired) electrons. The van der Waals surface area contributed by atoms with Crippen molar-refractivity contribution in [3.63, 3.8) is 0 Å². The second-order valence-corrected chi connectivity index (χ2v) is 4.57. The summed E-state index contributed by atoms with van der Waals surface area (Å²) in [4.78, 5) is 16.7. The minimum Gasteiger partial charge on any atom is -0.497 e. The number of pyridine rings is 1. The van der Waals surface area contributed by atoms with Crippen LogP contribution in [0.15, 0.2) is 35.5 Å². The van der Waals surface area contributed by atoms with Crippen molar-refractivity contribution >= 4 is 22.5 Å². The third-order valence-corrected chi connectivity index (χ3v) is 2.86. The molecule has 130 valence electrons. The Bertz CT molecular complexity index is 699. The smallest absolute Gasteiger partial charge is 0.291 e. The number of hydrogen-bond donors (Lipinski definition) is 4. The van der Waals surface area contributed by atoms with Crippen molar-refractivity contribution < 1.29 is 15.0 Å². The number of ether oxygens (including phenoxy) is 1. The topological polar surface area (TPSA) is 162 Å². The van der Waals surface area contributed by atoms with E-state index in [1.807, 2.05) is 24.3 Å². The monoisotopic (exact) mass is 336 g/mol. The van der Waals surface area contributed by atoms with E-state index in [-0.39, 0.29) is 5.96 Å². The highest BCUT2D eigenvalue weighted by molar-refractivity contribution is 5.91. The van der Waals surface area contributed by atoms with Gasteiger partial charge in [0.15, 0.2) is 5.96 Å². The van der Waals surface area contributed by atoms with Crippen LogP contribution in [0.1, 0.15) is 6.42 Å². The molecule has 0 bridgehead atoms. The minimum absolute atomic E-state index is 0.124. The highest BCUT2D eigenvalue weighted by Crippen LogP contribution is 2.27. The van der Waals surface area contributed by atoms with E-state index in [1.165, 1.54) is 0 Å². The van der Waals surface area contributed by atoms with E-state index in [9.17, 15) is 0 Å². The van der Waals surface area contributed by atoms with Crippen molar-refractivity contribution in [2.24, 2.45) is 16.5 Å². The van der Waals surface area contributed by atoms with E-state index >= 15 is 0 Å². The number of nitrogens with zero attached hydrogens (tertiary/aromatic N) is 3. The quantitative estimate of drug-likeness (QED) is 0.199. The summed E-state index contributed by atoms with van der Waals surface area (Å²) < 4.78 is 5.30. The van der Waals surface area contributed by atoms with Gasteiger partial charge in [0.2, 0.25) is 0 Å². The third kappa shape index (κ3) is 6.64. The lowest BCUT2D eigenvalue weighted by Crippen LogP contribution is -2.23. The van der Waals surface area contributed by atoms with Gasteiger partial charge in [-0.05, 0) is 18.6 Å². The van der Waals surface area contributed by atoms with Crippen molar-refractivity contribution in [2.75, 3.05) is 25.5 Å². The number of nitrogens with one attached hydrogen (secondary N) is 1. The number of methoxy groups -OCH3 is 1. The standard InChI is InChI=1S/C14H19N5O.HNO3/c1-20-11-8-10-4-2-5-18-13(10)12(9-11)17-6-3-7-19-14(15)16;2-1(3)4/h2,4-5,8-9,17H,3,6-7H2,1H3,(H4,15,16,19);(H,2,3,4). The molecule has 2 aromatic rings. The summed E-state index contributed by atoms with van der Waals surface area (Å²) in [5, 5.41) is 18.0. The summed E-state index contributed by atoms with van der Waals surface area (Å²) >= 11 is 0. The average molecular weight is 336 g/mol. The van der Waals surface area contributed by atoms with Crippen LogP contribution >= 0.6 is 0 Å². The first-order valence-electron chi connectivity index (χ1n) is 6.99. The molecule has 6 N–H and O–H groups in total. The molecule has 0 spiro atoms. The van der Waals surface area contributed by atoms with Crippen LogP contribution < -0.4 is 21.5 Å². The molecule has 0 aliphatic heterocycles. The number of rotatable bonds is 6. The zero-order valence-electron chi connectivity index (χ0n) is 13.2. The summed E-state index contributed by atoms with van der Waals surface area (Å²) in [6.07, 6.45) is 2.61. The number of guanidine groups is 1. The summed E-state index contributed by atoms with van der Waals surface area (Å²) in [5.74, 6) is 0.927. The Morgan fingerprint density at radius 3 is 2.83 bits per heavy atom. The largest absolute Gasteiger partial charge is 0.497 e. The van der Waals surface area contributed by atoms with E-state index in [4.69, 9.17) is 31.5 Å². The number of nitrogens with two attached hydrogens (primary N) is 2. The van der Waals surface area contributed by atoms with Crippen molar-refractivity contribution in [3.8, 4) is 5.75 Å². The summed E-state index contributed by atoms with van der Waals surface area (Å²) in [5.41, 5.74) is 12.4. The van der Waals surface area contributed by atoms with E-state index in [0.29, 0.717) is 6.54 Å². The second kappa shape index (κ2) is 9.66. The zero-order chi connectivity index (χ0) is 17.9. The zero-order valence-corrected chi connectivity index (χ0v) is 13.2. The van der Waals surface area contributed by atoms with E-state index < -0.39 is 5.09 Å². The van der Waals surface area contributed by atoms with Crippen molar-refractivity contribution in [3.05, 3.63) is 40.6 Å². The molecule has 2 rings (SSSR count). The lowest BCUT2D eigenvalue weighted by atomic mass is 10.1. The van der Waals surface area contributed by atoms with Crippen molar-refractivity contribution in [1.29, 1.82) is 0 Å². The Balaban J connectivity index is 0.000000648. The Morgan fingerprint density at radius 2 is 2.21 bits per heavy atom. The Hall–Kier alpha value is -3.30. The Kier molecular flexibility index (Phi) is 7.55. The SMILES string of the molecule is COc1cc(NCCCN=C(N)N)c2ncccc2c1.O=[N+]([O-])O. The molecule has 1 heterocycles. The van der Waals surface area contributed by atoms with E-state index in [1.54, 1.807) is 13.3 Å². The van der Waals surface area contributed by atoms with Gasteiger partial charge in [-0.1, -0.05) is 6.07 Å². The van der Waals surface area contributed by atoms with Crippen LogP contribution in [-0.2, 0) is 0 Å². The average Bonchev–Trinajstić information content (AvgIpc) is 2.53. The van der Waals surface area contributed by atoms with Gasteiger partial charge in [0.05, 0.1) is 18.3 Å². The molecular weight excluding hydrogens is 316 g/mol. The van der Waals surface area contributed by atoms with Gasteiger partial charge < -0.3 is 26.7 Å². The summed E-state index contributed by atoms with van der Waals surface area (Å²) in [7, 11) is 1.65. The maximum atomic E-state index is 8.36. The first kappa shape index (κ1) is 18.7. The lowest BCUT2D eigenvalue weighted by molar-refractivity contribution is -0.742. The van der Waals surface area contributed by atoms with Crippen LogP contribution in [0.5, 0.6) is 5.75 Å². The molecule has 0 atom stereocenters. The fraction of sp³-hybridized carbons (Fsp3) is 0.286. The van der Waals surface area contributed by atoms with Crippen LogP contribution in [0.4, 0.5) is 5.69 Å². The fourth-order valence-electron chi connectivity index (χ4n) is 1.93. The molecule has 1 aromatic carbocycles. The van der Waals surface area contributed by atoms with Gasteiger partial charge in [0.1, 0.15) is 5.75 Å². The van der Waals surface area contributed by atoms with Crippen LogP contribution in [-0.4, -0.2) is 41.4 Å². The molecule has 0 saturated carbocycles. The van der Waals surface area contributed by atoms with Gasteiger partial charge in [-0.2, -0.15) is 0 Å². The fourth-order valence-corrected chi connectivity index (χ4v) is 1.93. The summed E-state index contributed by atoms with van der Waals surface area (Å²) in [6, 6.07) is 7.82. The van der Waals surface area contributed by atoms with Gasteiger partial charge >= 0.3 is 0 Å². The second-order valence-electron chi connectivity index (χ2n) is 4.57. The van der Waals surface area contributed by atoms with Crippen LogP contribution in [0, 0.1) is 10.1 Å². The summed E-state index contributed by atoms with van der Waals surface area (Å²) in [6.45, 7) is 1.36. The first-order valence-corrected chi connectivity index (χ1v) is 6.99. The predicted octanol–water partition coefficient (Wildman–Crippen LogP) is 0.971. The molecule has 10 nitrogen and oxygen atoms in total. The lowest BCUT2D eigenvalue weighted by Gasteiger charge is -2.10. The highest BCUT2D eigenvalue weighted by Gasteiger charge is 2.05. The number of fused-ring (bicyclic) bond motifs is 1. The van der Waals surface area contributed by atoms with E-state index in [0.717, 1.165) is 35.3 Å². The van der Waals surface area contributed by atoms with E-state index in [2.05, 4.69) is 15.3 Å². The van der Waals surface area contributed by atoms with Gasteiger partial charge in [-0.25, -0.2) is 0 Å². The number of hydrogen-bond acceptors (Lipinski definition) is 6. The molecule has 10 heteroatoms. The van der Waals surface area contributed by atoms with Crippen molar-refractivity contribution in [1.82, 2.24) is 4.98 Å². The highest BCUT2D eigenvalue weighted by atomic mass is 16.9. The first-order chi connectivity index (χ1) is 11.4. The molecule has 0 unspecified atom stereocenters. The minimum atomic E-state index is -1.50. The van der Waals surface area contributed by atoms with Crippen LogP contribution in [0.25, 0.3) is 10.9 Å². The molecule has 0 aliphatic rings. The molecule has 0 fully saturated rings. The molecule has 1 aromatic heterocycles. The molecule has 24 heavy (non-hydrogen) atoms. The number of aliphatic imine (C=N–C) groups is 1. The molecule has 0 saturated heterocycles. The third-order valence-electron chi connectivity index (χ3n) is 2.86. The van der Waals surface area contributed by atoms with Crippen LogP contribution in [0.2, 0.25) is 0 Å². The van der Waals surface area contributed by atoms with Gasteiger partial charge in [0, 0.05) is 30.7 Å². The predicted molar refractivity (Wildman–Crippen MR) is 90.9 cm³/mol. The maximum absolute atomic E-state index is 8.36. The number of anilines is 1. The Labute approximate surface area is 138 Å².